The van der Waals surface area contributed by atoms with Gasteiger partial charge in [-0.1, -0.05) is 34.6 Å². The molecule has 1 aliphatic heterocycles. The van der Waals surface area contributed by atoms with Crippen molar-refractivity contribution in [1.29, 1.82) is 0 Å². The Hall–Kier alpha value is -1.79. The maximum Gasteiger partial charge on any atom is 0.408 e. The molecule has 0 bridgehead atoms. The van der Waals surface area contributed by atoms with Gasteiger partial charge in [-0.2, -0.15) is 0 Å². The summed E-state index contributed by atoms with van der Waals surface area (Å²) >= 11 is 0. The number of amides is 2. The zero-order valence-corrected chi connectivity index (χ0v) is 19.6. The quantitative estimate of drug-likeness (QED) is 0.720. The minimum Gasteiger partial charge on any atom is -0.469 e. The van der Waals surface area contributed by atoms with Gasteiger partial charge in [0.2, 0.25) is 5.91 Å². The van der Waals surface area contributed by atoms with Crippen molar-refractivity contribution in [2.24, 2.45) is 28.6 Å². The van der Waals surface area contributed by atoms with Crippen LogP contribution in [0.3, 0.4) is 0 Å². The number of piperidine rings is 1. The fourth-order valence-electron chi connectivity index (χ4n) is 4.72. The molecule has 2 amide bonds. The van der Waals surface area contributed by atoms with Crippen molar-refractivity contribution in [2.75, 3.05) is 13.7 Å². The lowest BCUT2D eigenvalue weighted by Crippen LogP contribution is -2.58. The predicted molar refractivity (Wildman–Crippen MR) is 110 cm³/mol. The van der Waals surface area contributed by atoms with E-state index in [2.05, 4.69) is 19.2 Å². The molecule has 0 aromatic rings. The number of ether oxygens (including phenoxy) is 2. The Morgan fingerprint density at radius 3 is 2.10 bits per heavy atom. The highest BCUT2D eigenvalue weighted by Crippen LogP contribution is 2.66. The van der Waals surface area contributed by atoms with Crippen LogP contribution in [0.15, 0.2) is 0 Å². The first-order valence-electron chi connectivity index (χ1n) is 10.4. The summed E-state index contributed by atoms with van der Waals surface area (Å²) < 4.78 is 10.3. The number of hydrogen-bond donors (Lipinski definition) is 1. The standard InChI is InChI=1S/C22H38N2O5/c1-12(18(26)28-10)15-14-13(22(14,8)9)11-24(15)17(25)16(20(2,3)4)23-19(27)29-21(5,6)7/h12-16H,11H2,1-10H3,(H,23,27)/t12?,13-,14-,15+,16+/m0/s1. The average Bonchev–Trinajstić information content (AvgIpc) is 2.92. The highest BCUT2D eigenvalue weighted by Gasteiger charge is 2.69. The molecule has 1 heterocycles. The molecular weight excluding hydrogens is 372 g/mol. The Balaban J connectivity index is 2.27. The molecule has 1 saturated heterocycles. The molecule has 7 nitrogen and oxygen atoms in total. The molecule has 5 atom stereocenters. The van der Waals surface area contributed by atoms with E-state index in [0.29, 0.717) is 12.5 Å². The van der Waals surface area contributed by atoms with Crippen LogP contribution in [0, 0.1) is 28.6 Å². The summed E-state index contributed by atoms with van der Waals surface area (Å²) in [5.74, 6) is -0.313. The average molecular weight is 411 g/mol. The van der Waals surface area contributed by atoms with E-state index in [1.807, 2.05) is 27.7 Å². The van der Waals surface area contributed by atoms with Crippen molar-refractivity contribution in [3.63, 3.8) is 0 Å². The van der Waals surface area contributed by atoms with E-state index < -0.39 is 29.1 Å². The molecule has 2 rings (SSSR count). The number of hydrogen-bond acceptors (Lipinski definition) is 5. The Bertz CT molecular complexity index is 674. The first-order chi connectivity index (χ1) is 13.0. The fourth-order valence-corrected chi connectivity index (χ4v) is 4.72. The van der Waals surface area contributed by atoms with Crippen LogP contribution in [0.2, 0.25) is 0 Å². The molecule has 0 aromatic heterocycles. The maximum atomic E-state index is 13.6. The summed E-state index contributed by atoms with van der Waals surface area (Å²) in [4.78, 5) is 40.1. The second kappa shape index (κ2) is 7.47. The van der Waals surface area contributed by atoms with Crippen molar-refractivity contribution in [2.45, 2.75) is 80.0 Å². The third-order valence-corrected chi connectivity index (χ3v) is 6.40. The van der Waals surface area contributed by atoms with Crippen LogP contribution in [0.4, 0.5) is 4.79 Å². The Kier molecular flexibility index (Phi) is 6.05. The number of esters is 1. The van der Waals surface area contributed by atoms with Gasteiger partial charge in [-0.15, -0.1) is 0 Å². The summed E-state index contributed by atoms with van der Waals surface area (Å²) in [7, 11) is 1.37. The van der Waals surface area contributed by atoms with Gasteiger partial charge < -0.3 is 19.7 Å². The van der Waals surface area contributed by atoms with E-state index in [1.54, 1.807) is 25.7 Å². The number of fused-ring (bicyclic) bond motifs is 1. The van der Waals surface area contributed by atoms with Gasteiger partial charge in [-0.3, -0.25) is 9.59 Å². The minimum atomic E-state index is -0.759. The van der Waals surface area contributed by atoms with Gasteiger partial charge in [0.15, 0.2) is 0 Å². The Morgan fingerprint density at radius 2 is 1.66 bits per heavy atom. The van der Waals surface area contributed by atoms with E-state index in [-0.39, 0.29) is 29.3 Å². The van der Waals surface area contributed by atoms with E-state index in [4.69, 9.17) is 9.47 Å². The molecule has 0 aromatic carbocycles. The number of nitrogens with one attached hydrogen (secondary N) is 1. The molecule has 0 spiro atoms. The Morgan fingerprint density at radius 1 is 1.10 bits per heavy atom. The number of carbonyl (C=O) groups is 3. The summed E-state index contributed by atoms with van der Waals surface area (Å²) in [5, 5.41) is 2.77. The third kappa shape index (κ3) is 4.69. The zero-order valence-electron chi connectivity index (χ0n) is 19.6. The zero-order chi connectivity index (χ0) is 22.5. The van der Waals surface area contributed by atoms with Gasteiger partial charge in [0.25, 0.3) is 0 Å². The molecule has 166 valence electrons. The van der Waals surface area contributed by atoms with Crippen molar-refractivity contribution in [3.8, 4) is 0 Å². The fraction of sp³-hybridized carbons (Fsp3) is 0.864. The number of nitrogens with zero attached hydrogens (tertiary/aromatic N) is 1. The number of likely N-dealkylation sites (tertiary alicyclic amines) is 1. The number of rotatable bonds is 4. The first kappa shape index (κ1) is 23.5. The topological polar surface area (TPSA) is 84.9 Å². The lowest BCUT2D eigenvalue weighted by Gasteiger charge is -2.39. The molecule has 1 aliphatic carbocycles. The van der Waals surface area contributed by atoms with Gasteiger partial charge in [0, 0.05) is 12.6 Å². The molecule has 1 N–H and O–H groups in total. The molecule has 2 fully saturated rings. The van der Waals surface area contributed by atoms with Crippen LogP contribution >= 0.6 is 0 Å². The smallest absolute Gasteiger partial charge is 0.408 e. The predicted octanol–water partition coefficient (Wildman–Crippen LogP) is 3.22. The highest BCUT2D eigenvalue weighted by molar-refractivity contribution is 5.88. The van der Waals surface area contributed by atoms with E-state index in [9.17, 15) is 14.4 Å². The lowest BCUT2D eigenvalue weighted by molar-refractivity contribution is -0.150. The molecular formula is C22H38N2O5. The molecule has 7 heteroatoms. The summed E-state index contributed by atoms with van der Waals surface area (Å²) in [6, 6.07) is -0.995. The number of methoxy groups -OCH3 is 1. The molecule has 0 radical (unpaired) electrons. The first-order valence-corrected chi connectivity index (χ1v) is 10.4. The minimum absolute atomic E-state index is 0.0968. The monoisotopic (exact) mass is 410 g/mol. The van der Waals surface area contributed by atoms with Crippen LogP contribution in [0.25, 0.3) is 0 Å². The number of alkyl carbamates (subject to hydrolysis) is 1. The second-order valence-corrected chi connectivity index (χ2v) is 11.2. The third-order valence-electron chi connectivity index (χ3n) is 6.40. The van der Waals surface area contributed by atoms with Crippen LogP contribution in [0.1, 0.15) is 62.3 Å². The van der Waals surface area contributed by atoms with Crippen molar-refractivity contribution in [1.82, 2.24) is 10.2 Å². The SMILES string of the molecule is COC(=O)C(C)[C@@H]1[C@@H]2[C@H](CN1C(=O)[C@@H](NC(=O)OC(C)(C)C)C(C)(C)C)C2(C)C. The van der Waals surface area contributed by atoms with E-state index in [0.717, 1.165) is 0 Å². The highest BCUT2D eigenvalue weighted by atomic mass is 16.6. The lowest BCUT2D eigenvalue weighted by atomic mass is 9.84. The summed E-state index contributed by atoms with van der Waals surface area (Å²) in [6.45, 7) is 17.8. The van der Waals surface area contributed by atoms with Crippen LogP contribution in [-0.4, -0.2) is 54.2 Å². The van der Waals surface area contributed by atoms with E-state index >= 15 is 0 Å². The van der Waals surface area contributed by atoms with Crippen molar-refractivity contribution >= 4 is 18.0 Å². The van der Waals surface area contributed by atoms with Gasteiger partial charge in [-0.05, 0) is 50.4 Å². The summed E-state index contributed by atoms with van der Waals surface area (Å²) in [6.07, 6.45) is -0.618. The van der Waals surface area contributed by atoms with Crippen LogP contribution in [0.5, 0.6) is 0 Å². The van der Waals surface area contributed by atoms with Gasteiger partial charge in [0.1, 0.15) is 11.6 Å². The van der Waals surface area contributed by atoms with Crippen molar-refractivity contribution in [3.05, 3.63) is 0 Å². The normalized spacial score (nSPS) is 27.5. The Labute approximate surface area is 174 Å². The molecule has 29 heavy (non-hydrogen) atoms. The molecule has 1 saturated carbocycles. The number of carbonyl (C=O) groups excluding carboxylic acids is 3. The van der Waals surface area contributed by atoms with Crippen molar-refractivity contribution < 1.29 is 23.9 Å². The van der Waals surface area contributed by atoms with Crippen LogP contribution in [-0.2, 0) is 19.1 Å². The maximum absolute atomic E-state index is 13.6. The largest absolute Gasteiger partial charge is 0.469 e. The second-order valence-electron chi connectivity index (χ2n) is 11.2. The van der Waals surface area contributed by atoms with Gasteiger partial charge >= 0.3 is 12.1 Å². The van der Waals surface area contributed by atoms with Gasteiger partial charge in [0.05, 0.1) is 13.0 Å². The summed E-state index contributed by atoms with van der Waals surface area (Å²) in [5.41, 5.74) is -1.08. The van der Waals surface area contributed by atoms with Crippen LogP contribution < -0.4 is 5.32 Å². The van der Waals surface area contributed by atoms with E-state index in [1.165, 1.54) is 7.11 Å². The molecule has 1 unspecified atom stereocenters. The van der Waals surface area contributed by atoms with Gasteiger partial charge in [-0.25, -0.2) is 4.79 Å². The molecule has 2 aliphatic rings.